The van der Waals surface area contributed by atoms with Gasteiger partial charge in [0.1, 0.15) is 11.9 Å². The van der Waals surface area contributed by atoms with E-state index in [0.29, 0.717) is 18.5 Å². The number of benzene rings is 2. The summed E-state index contributed by atoms with van der Waals surface area (Å²) in [6, 6.07) is 13.9. The number of hydrogen-bond donors (Lipinski definition) is 3. The van der Waals surface area contributed by atoms with Gasteiger partial charge in [-0.1, -0.05) is 12.1 Å². The van der Waals surface area contributed by atoms with E-state index in [4.69, 9.17) is 9.47 Å². The number of anilines is 1. The van der Waals surface area contributed by atoms with E-state index in [9.17, 15) is 14.7 Å². The fraction of sp³-hybridized carbons (Fsp3) is 0.300. The summed E-state index contributed by atoms with van der Waals surface area (Å²) < 4.78 is 10.6. The van der Waals surface area contributed by atoms with Crippen LogP contribution < -0.4 is 5.32 Å². The number of amides is 1. The largest absolute Gasteiger partial charge is 0.508 e. The Bertz CT molecular complexity index is 765. The number of nitrogens with one attached hydrogen (secondary N) is 1. The zero-order chi connectivity index (χ0) is 20.4. The van der Waals surface area contributed by atoms with Crippen molar-refractivity contribution < 1.29 is 24.2 Å². The molecule has 0 heterocycles. The van der Waals surface area contributed by atoms with Gasteiger partial charge in [0.15, 0.2) is 0 Å². The molecule has 28 heavy (non-hydrogen) atoms. The number of ether oxygens (including phenoxy) is 2. The quantitative estimate of drug-likeness (QED) is 0.236. The van der Waals surface area contributed by atoms with E-state index in [1.165, 1.54) is 12.1 Å². The molecule has 0 radical (unpaired) electrons. The molecule has 0 fully saturated rings. The van der Waals surface area contributed by atoms with Crippen molar-refractivity contribution in [2.45, 2.75) is 23.8 Å². The van der Waals surface area contributed by atoms with Crippen molar-refractivity contribution in [2.24, 2.45) is 0 Å². The van der Waals surface area contributed by atoms with Crippen LogP contribution >= 0.6 is 24.4 Å². The molecule has 1 atom stereocenters. The Hall–Kier alpha value is -2.32. The lowest BCUT2D eigenvalue weighted by Gasteiger charge is -2.19. The standard InChI is InChI=1S/C20H23NO5S2/c1-28-17-10-6-15(7-11-17)21-20(24)26-18(3-2-12-25-19(23)13-27)14-4-8-16(22)9-5-14/h4-11,18,22,27H,2-3,12-13H2,1H3,(H,21,24)/t18-/m1/s1. The van der Waals surface area contributed by atoms with Gasteiger partial charge in [-0.05, 0) is 61.1 Å². The summed E-state index contributed by atoms with van der Waals surface area (Å²) in [5.74, 6) is -0.240. The molecule has 2 aromatic carbocycles. The smallest absolute Gasteiger partial charge is 0.412 e. The molecule has 2 aromatic rings. The number of hydrogen-bond acceptors (Lipinski definition) is 7. The zero-order valence-electron chi connectivity index (χ0n) is 15.5. The monoisotopic (exact) mass is 421 g/mol. The Balaban J connectivity index is 1.97. The molecule has 0 saturated carbocycles. The summed E-state index contributed by atoms with van der Waals surface area (Å²) in [7, 11) is 0. The van der Waals surface area contributed by atoms with Gasteiger partial charge in [0, 0.05) is 10.6 Å². The first-order valence-electron chi connectivity index (χ1n) is 8.69. The van der Waals surface area contributed by atoms with Crippen LogP contribution in [0.4, 0.5) is 10.5 Å². The van der Waals surface area contributed by atoms with Crippen LogP contribution in [0, 0.1) is 0 Å². The van der Waals surface area contributed by atoms with Crippen molar-refractivity contribution in [2.75, 3.05) is 23.9 Å². The predicted octanol–water partition coefficient (Wildman–Crippen LogP) is 4.66. The first-order chi connectivity index (χ1) is 13.5. The van der Waals surface area contributed by atoms with Gasteiger partial charge in [-0.15, -0.1) is 11.8 Å². The number of carbonyl (C=O) groups is 2. The second kappa shape index (κ2) is 11.5. The van der Waals surface area contributed by atoms with Crippen molar-refractivity contribution in [1.29, 1.82) is 0 Å². The Morgan fingerprint density at radius 3 is 2.43 bits per heavy atom. The van der Waals surface area contributed by atoms with Crippen LogP contribution in [0.2, 0.25) is 0 Å². The molecule has 0 saturated heterocycles. The van der Waals surface area contributed by atoms with Gasteiger partial charge in [0.2, 0.25) is 0 Å². The molecular formula is C20H23NO5S2. The van der Waals surface area contributed by atoms with E-state index in [0.717, 1.165) is 10.5 Å². The van der Waals surface area contributed by atoms with Crippen LogP contribution in [0.25, 0.3) is 0 Å². The van der Waals surface area contributed by atoms with Crippen LogP contribution in [0.3, 0.4) is 0 Å². The lowest BCUT2D eigenvalue weighted by Crippen LogP contribution is -2.18. The third-order valence-corrected chi connectivity index (χ3v) is 4.86. The number of phenols is 1. The van der Waals surface area contributed by atoms with E-state index in [1.54, 1.807) is 36.0 Å². The molecule has 0 aliphatic heterocycles. The number of thiol groups is 1. The highest BCUT2D eigenvalue weighted by atomic mass is 32.2. The molecule has 1 amide bonds. The molecule has 150 valence electrons. The van der Waals surface area contributed by atoms with E-state index >= 15 is 0 Å². The normalized spacial score (nSPS) is 11.5. The average molecular weight is 422 g/mol. The lowest BCUT2D eigenvalue weighted by atomic mass is 10.0. The molecular weight excluding hydrogens is 398 g/mol. The van der Waals surface area contributed by atoms with E-state index in [1.807, 2.05) is 18.4 Å². The van der Waals surface area contributed by atoms with Gasteiger partial charge in [-0.3, -0.25) is 10.1 Å². The van der Waals surface area contributed by atoms with Crippen LogP contribution in [0.1, 0.15) is 24.5 Å². The Kier molecular flexibility index (Phi) is 9.03. The summed E-state index contributed by atoms with van der Waals surface area (Å²) in [5, 5.41) is 12.2. The topological polar surface area (TPSA) is 84.9 Å². The molecule has 0 spiro atoms. The van der Waals surface area contributed by atoms with E-state index in [-0.39, 0.29) is 18.1 Å². The Labute approximate surface area is 174 Å². The fourth-order valence-corrected chi connectivity index (χ4v) is 2.93. The first kappa shape index (κ1) is 22.0. The molecule has 0 aliphatic carbocycles. The number of carbonyl (C=O) groups excluding carboxylic acids is 2. The Morgan fingerprint density at radius 1 is 1.14 bits per heavy atom. The van der Waals surface area contributed by atoms with Gasteiger partial charge in [0.25, 0.3) is 0 Å². The highest BCUT2D eigenvalue weighted by Crippen LogP contribution is 2.26. The number of thioether (sulfide) groups is 1. The highest BCUT2D eigenvalue weighted by molar-refractivity contribution is 7.98. The van der Waals surface area contributed by atoms with Gasteiger partial charge < -0.3 is 14.6 Å². The van der Waals surface area contributed by atoms with E-state index < -0.39 is 18.2 Å². The summed E-state index contributed by atoms with van der Waals surface area (Å²) in [6.07, 6.45) is 1.83. The number of phenolic OH excluding ortho intramolecular Hbond substituents is 1. The minimum atomic E-state index is -0.581. The molecule has 0 aliphatic rings. The highest BCUT2D eigenvalue weighted by Gasteiger charge is 2.17. The molecule has 6 nitrogen and oxygen atoms in total. The minimum Gasteiger partial charge on any atom is -0.508 e. The van der Waals surface area contributed by atoms with Gasteiger partial charge in [0.05, 0.1) is 12.4 Å². The third kappa shape index (κ3) is 7.36. The molecule has 2 N–H and O–H groups in total. The first-order valence-corrected chi connectivity index (χ1v) is 10.5. The second-order valence-corrected chi connectivity index (χ2v) is 7.06. The molecule has 0 aromatic heterocycles. The van der Waals surface area contributed by atoms with Crippen LogP contribution in [0.5, 0.6) is 5.75 Å². The van der Waals surface area contributed by atoms with Crippen molar-refractivity contribution in [3.05, 3.63) is 54.1 Å². The van der Waals surface area contributed by atoms with Crippen LogP contribution in [-0.2, 0) is 14.3 Å². The number of rotatable bonds is 9. The van der Waals surface area contributed by atoms with E-state index in [2.05, 4.69) is 17.9 Å². The van der Waals surface area contributed by atoms with Gasteiger partial charge in [-0.2, -0.15) is 12.6 Å². The Morgan fingerprint density at radius 2 is 1.82 bits per heavy atom. The van der Waals surface area contributed by atoms with Gasteiger partial charge >= 0.3 is 12.1 Å². The maximum atomic E-state index is 12.3. The maximum absolute atomic E-state index is 12.3. The predicted molar refractivity (Wildman–Crippen MR) is 113 cm³/mol. The van der Waals surface area contributed by atoms with Gasteiger partial charge in [-0.25, -0.2) is 4.79 Å². The van der Waals surface area contributed by atoms with Crippen molar-refractivity contribution in [1.82, 2.24) is 0 Å². The zero-order valence-corrected chi connectivity index (χ0v) is 17.2. The fourth-order valence-electron chi connectivity index (χ4n) is 2.43. The van der Waals surface area contributed by atoms with Crippen molar-refractivity contribution in [3.63, 3.8) is 0 Å². The molecule has 8 heteroatoms. The van der Waals surface area contributed by atoms with Crippen LogP contribution in [-0.4, -0.2) is 35.8 Å². The summed E-state index contributed by atoms with van der Waals surface area (Å²) >= 11 is 5.47. The van der Waals surface area contributed by atoms with Crippen molar-refractivity contribution >= 4 is 42.1 Å². The van der Waals surface area contributed by atoms with Crippen molar-refractivity contribution in [3.8, 4) is 5.75 Å². The maximum Gasteiger partial charge on any atom is 0.412 e. The summed E-state index contributed by atoms with van der Waals surface area (Å²) in [6.45, 7) is 0.217. The number of aromatic hydroxyl groups is 1. The van der Waals surface area contributed by atoms with Crippen LogP contribution in [0.15, 0.2) is 53.4 Å². The summed E-state index contributed by atoms with van der Waals surface area (Å²) in [4.78, 5) is 24.6. The average Bonchev–Trinajstić information content (AvgIpc) is 2.71. The molecule has 0 bridgehead atoms. The SMILES string of the molecule is CSc1ccc(NC(=O)O[C@H](CCCOC(=O)CS)c2ccc(O)cc2)cc1. The second-order valence-electron chi connectivity index (χ2n) is 5.86. The molecule has 0 unspecified atom stereocenters. The third-order valence-electron chi connectivity index (χ3n) is 3.85. The lowest BCUT2D eigenvalue weighted by molar-refractivity contribution is -0.140. The molecule has 2 rings (SSSR count). The number of esters is 1. The minimum absolute atomic E-state index is 0.0234. The summed E-state index contributed by atoms with van der Waals surface area (Å²) in [5.41, 5.74) is 1.38.